The fourth-order valence-electron chi connectivity index (χ4n) is 1.82. The third-order valence-corrected chi connectivity index (χ3v) is 4.12. The number of urea groups is 1. The van der Waals surface area contributed by atoms with E-state index in [0.29, 0.717) is 18.2 Å². The Morgan fingerprint density at radius 2 is 2.19 bits per heavy atom. The van der Waals surface area contributed by atoms with Crippen LogP contribution in [0.2, 0.25) is 0 Å². The van der Waals surface area contributed by atoms with Crippen molar-refractivity contribution in [1.29, 1.82) is 0 Å². The molecule has 0 aromatic rings. The minimum atomic E-state index is -0.911. The van der Waals surface area contributed by atoms with Crippen molar-refractivity contribution in [3.63, 3.8) is 0 Å². The predicted octanol–water partition coefficient (Wildman–Crippen LogP) is 0.606. The van der Waals surface area contributed by atoms with Gasteiger partial charge in [-0.05, 0) is 12.3 Å². The van der Waals surface area contributed by atoms with Gasteiger partial charge in [0.15, 0.2) is 0 Å². The molecule has 1 saturated heterocycles. The van der Waals surface area contributed by atoms with Gasteiger partial charge in [0.05, 0.1) is 0 Å². The molecule has 1 heterocycles. The number of carbonyl (C=O) groups excluding carboxylic acids is 1. The first-order valence-electron chi connectivity index (χ1n) is 5.47. The minimum absolute atomic E-state index is 0.220. The molecule has 2 rings (SSSR count). The highest BCUT2D eigenvalue weighted by molar-refractivity contribution is 7.99. The van der Waals surface area contributed by atoms with Crippen molar-refractivity contribution >= 4 is 23.8 Å². The Bertz CT molecular complexity index is 310. The second-order valence-electron chi connectivity index (χ2n) is 4.39. The minimum Gasteiger partial charge on any atom is -0.480 e. The zero-order valence-corrected chi connectivity index (χ0v) is 10.00. The normalized spacial score (nSPS) is 33.3. The van der Waals surface area contributed by atoms with Gasteiger partial charge in [0, 0.05) is 24.1 Å². The molecule has 2 fully saturated rings. The second-order valence-corrected chi connectivity index (χ2v) is 5.54. The molecule has 3 unspecified atom stereocenters. The van der Waals surface area contributed by atoms with Crippen LogP contribution in [-0.4, -0.2) is 52.1 Å². The molecule has 0 spiro atoms. The first-order valence-corrected chi connectivity index (χ1v) is 6.62. The number of thioether (sulfide) groups is 1. The van der Waals surface area contributed by atoms with Crippen LogP contribution < -0.4 is 5.32 Å². The van der Waals surface area contributed by atoms with Crippen LogP contribution in [0, 0.1) is 5.92 Å². The van der Waals surface area contributed by atoms with Crippen LogP contribution in [0.3, 0.4) is 0 Å². The molecule has 2 amide bonds. The molecular formula is C10H16N2O3S. The van der Waals surface area contributed by atoms with Crippen LogP contribution in [0.25, 0.3) is 0 Å². The van der Waals surface area contributed by atoms with E-state index in [1.54, 1.807) is 11.8 Å². The van der Waals surface area contributed by atoms with Crippen molar-refractivity contribution in [3.8, 4) is 0 Å². The van der Waals surface area contributed by atoms with Crippen LogP contribution in [0.1, 0.15) is 13.3 Å². The molecule has 6 heteroatoms. The molecule has 1 aliphatic carbocycles. The molecule has 0 aromatic carbocycles. The summed E-state index contributed by atoms with van der Waals surface area (Å²) in [5.41, 5.74) is 0. The summed E-state index contributed by atoms with van der Waals surface area (Å²) in [5.74, 6) is 0.929. The molecule has 3 atom stereocenters. The Labute approximate surface area is 98.6 Å². The molecule has 0 radical (unpaired) electrons. The van der Waals surface area contributed by atoms with Crippen LogP contribution in [0.15, 0.2) is 0 Å². The summed E-state index contributed by atoms with van der Waals surface area (Å²) in [6, 6.07) is -0.647. The van der Waals surface area contributed by atoms with Crippen molar-refractivity contribution in [1.82, 2.24) is 10.2 Å². The summed E-state index contributed by atoms with van der Waals surface area (Å²) < 4.78 is 0. The number of carboxylic acid groups (broad SMARTS) is 1. The van der Waals surface area contributed by atoms with E-state index in [-0.39, 0.29) is 12.1 Å². The topological polar surface area (TPSA) is 69.6 Å². The standard InChI is InChI=1S/C10H16N2O3S/c1-6-4-7(6)11-10(15)12-2-3-16-5-8(12)9(13)14/h6-8H,2-5H2,1H3,(H,11,15)(H,13,14). The quantitative estimate of drug-likeness (QED) is 0.746. The van der Waals surface area contributed by atoms with Gasteiger partial charge in [-0.3, -0.25) is 0 Å². The molecule has 1 aliphatic heterocycles. The van der Waals surface area contributed by atoms with E-state index in [2.05, 4.69) is 12.2 Å². The number of amides is 2. The Morgan fingerprint density at radius 1 is 1.50 bits per heavy atom. The summed E-state index contributed by atoms with van der Waals surface area (Å²) in [4.78, 5) is 24.3. The highest BCUT2D eigenvalue weighted by Crippen LogP contribution is 2.29. The van der Waals surface area contributed by atoms with Crippen LogP contribution in [-0.2, 0) is 4.79 Å². The van der Waals surface area contributed by atoms with Gasteiger partial charge in [0.25, 0.3) is 0 Å². The van der Waals surface area contributed by atoms with Crippen LogP contribution in [0.5, 0.6) is 0 Å². The first kappa shape index (κ1) is 11.6. The van der Waals surface area contributed by atoms with Crippen molar-refractivity contribution in [2.45, 2.75) is 25.4 Å². The zero-order chi connectivity index (χ0) is 11.7. The molecule has 0 bridgehead atoms. The van der Waals surface area contributed by atoms with Gasteiger partial charge in [0.1, 0.15) is 6.04 Å². The number of nitrogens with zero attached hydrogens (tertiary/aromatic N) is 1. The molecule has 90 valence electrons. The maximum Gasteiger partial charge on any atom is 0.327 e. The smallest absolute Gasteiger partial charge is 0.327 e. The summed E-state index contributed by atoms with van der Waals surface area (Å²) in [6.45, 7) is 2.60. The lowest BCUT2D eigenvalue weighted by molar-refractivity contribution is -0.141. The third-order valence-electron chi connectivity index (χ3n) is 3.09. The lowest BCUT2D eigenvalue weighted by Gasteiger charge is -2.32. The number of hydrogen-bond acceptors (Lipinski definition) is 3. The molecular weight excluding hydrogens is 228 g/mol. The van der Waals surface area contributed by atoms with Crippen molar-refractivity contribution in [3.05, 3.63) is 0 Å². The summed E-state index contributed by atoms with van der Waals surface area (Å²) in [7, 11) is 0. The first-order chi connectivity index (χ1) is 7.59. The molecule has 1 saturated carbocycles. The summed E-state index contributed by atoms with van der Waals surface area (Å²) in [5, 5.41) is 11.9. The number of aliphatic carboxylic acids is 1. The van der Waals surface area contributed by atoms with E-state index in [9.17, 15) is 9.59 Å². The second kappa shape index (κ2) is 4.53. The molecule has 16 heavy (non-hydrogen) atoms. The van der Waals surface area contributed by atoms with Crippen molar-refractivity contribution in [2.24, 2.45) is 5.92 Å². The fraction of sp³-hybridized carbons (Fsp3) is 0.800. The van der Waals surface area contributed by atoms with E-state index in [1.165, 1.54) is 4.90 Å². The summed E-state index contributed by atoms with van der Waals surface area (Å²) >= 11 is 1.59. The average molecular weight is 244 g/mol. The van der Waals surface area contributed by atoms with E-state index in [4.69, 9.17) is 5.11 Å². The van der Waals surface area contributed by atoms with Gasteiger partial charge in [-0.15, -0.1) is 0 Å². The lowest BCUT2D eigenvalue weighted by Crippen LogP contribution is -2.54. The van der Waals surface area contributed by atoms with Gasteiger partial charge in [-0.25, -0.2) is 9.59 Å². The van der Waals surface area contributed by atoms with E-state index >= 15 is 0 Å². The van der Waals surface area contributed by atoms with Gasteiger partial charge in [0.2, 0.25) is 0 Å². The van der Waals surface area contributed by atoms with E-state index in [0.717, 1.165) is 12.2 Å². The molecule has 5 nitrogen and oxygen atoms in total. The highest BCUT2D eigenvalue weighted by Gasteiger charge is 2.38. The maximum atomic E-state index is 11.9. The predicted molar refractivity (Wildman–Crippen MR) is 61.6 cm³/mol. The Morgan fingerprint density at radius 3 is 2.75 bits per heavy atom. The number of hydrogen-bond donors (Lipinski definition) is 2. The zero-order valence-electron chi connectivity index (χ0n) is 9.18. The Balaban J connectivity index is 1.94. The number of carboxylic acids is 1. The third kappa shape index (κ3) is 2.42. The van der Waals surface area contributed by atoms with E-state index < -0.39 is 12.0 Å². The molecule has 0 aromatic heterocycles. The summed E-state index contributed by atoms with van der Waals surface area (Å²) in [6.07, 6.45) is 1.01. The van der Waals surface area contributed by atoms with Crippen molar-refractivity contribution in [2.75, 3.05) is 18.1 Å². The average Bonchev–Trinajstić information content (AvgIpc) is 2.94. The lowest BCUT2D eigenvalue weighted by atomic mass is 10.3. The van der Waals surface area contributed by atoms with Gasteiger partial charge >= 0.3 is 12.0 Å². The molecule has 2 aliphatic rings. The van der Waals surface area contributed by atoms with Crippen LogP contribution in [0.4, 0.5) is 4.79 Å². The highest BCUT2D eigenvalue weighted by atomic mass is 32.2. The number of carbonyl (C=O) groups is 2. The van der Waals surface area contributed by atoms with Crippen molar-refractivity contribution < 1.29 is 14.7 Å². The van der Waals surface area contributed by atoms with Gasteiger partial charge in [-0.1, -0.05) is 6.92 Å². The maximum absolute atomic E-state index is 11.9. The van der Waals surface area contributed by atoms with Crippen LogP contribution >= 0.6 is 11.8 Å². The van der Waals surface area contributed by atoms with E-state index in [1.807, 2.05) is 0 Å². The largest absolute Gasteiger partial charge is 0.480 e. The number of nitrogens with one attached hydrogen (secondary N) is 1. The number of rotatable bonds is 2. The van der Waals surface area contributed by atoms with Gasteiger partial charge in [-0.2, -0.15) is 11.8 Å². The SMILES string of the molecule is CC1CC1NC(=O)N1CCSCC1C(=O)O. The molecule has 2 N–H and O–H groups in total. The fourth-order valence-corrected chi connectivity index (χ4v) is 2.85. The Kier molecular flexibility index (Phi) is 3.28. The van der Waals surface area contributed by atoms with Gasteiger partial charge < -0.3 is 15.3 Å². The monoisotopic (exact) mass is 244 g/mol. The Hall–Kier alpha value is -0.910.